The van der Waals surface area contributed by atoms with Crippen LogP contribution in [0.25, 0.3) is 0 Å². The van der Waals surface area contributed by atoms with Crippen molar-refractivity contribution in [1.29, 1.82) is 0 Å². The van der Waals surface area contributed by atoms with Crippen molar-refractivity contribution in [1.82, 2.24) is 10.1 Å². The smallest absolute Gasteiger partial charge is 0.374 e. The Morgan fingerprint density at radius 1 is 1.42 bits per heavy atom. The van der Waals surface area contributed by atoms with Gasteiger partial charge in [0.05, 0.1) is 0 Å². The van der Waals surface area contributed by atoms with E-state index in [2.05, 4.69) is 35.9 Å². The molecule has 0 radical (unpaired) electrons. The molecule has 2 rings (SSSR count). The number of carbonyl (C=O) groups is 2. The van der Waals surface area contributed by atoms with E-state index in [-0.39, 0.29) is 5.69 Å². The van der Waals surface area contributed by atoms with Gasteiger partial charge in [0.15, 0.2) is 5.69 Å². The van der Waals surface area contributed by atoms with Crippen LogP contribution in [-0.4, -0.2) is 27.1 Å². The van der Waals surface area contributed by atoms with Crippen molar-refractivity contribution in [3.8, 4) is 0 Å². The summed E-state index contributed by atoms with van der Waals surface area (Å²) in [4.78, 5) is 26.4. The molecule has 0 spiro atoms. The summed E-state index contributed by atoms with van der Waals surface area (Å²) in [6.45, 7) is 1.78. The molecule has 2 N–H and O–H groups in total. The minimum Gasteiger partial charge on any atom is -0.475 e. The van der Waals surface area contributed by atoms with Crippen molar-refractivity contribution in [3.05, 3.63) is 39.8 Å². The van der Waals surface area contributed by atoms with Crippen LogP contribution >= 0.6 is 15.9 Å². The summed E-state index contributed by atoms with van der Waals surface area (Å²) in [7, 11) is 0. The predicted molar refractivity (Wildman–Crippen MR) is 68.1 cm³/mol. The summed E-state index contributed by atoms with van der Waals surface area (Å²) in [6, 6.07) is 2.83. The molecule has 8 heteroatoms. The lowest BCUT2D eigenvalue weighted by Crippen LogP contribution is -2.14. The molecule has 0 unspecified atom stereocenters. The molecule has 0 atom stereocenters. The van der Waals surface area contributed by atoms with Gasteiger partial charge in [-0.25, -0.2) is 9.78 Å². The van der Waals surface area contributed by atoms with E-state index in [0.29, 0.717) is 5.82 Å². The van der Waals surface area contributed by atoms with E-state index in [4.69, 9.17) is 5.11 Å². The Bertz CT molecular complexity index is 653. The van der Waals surface area contributed by atoms with Crippen molar-refractivity contribution in [3.63, 3.8) is 0 Å². The monoisotopic (exact) mass is 325 g/mol. The van der Waals surface area contributed by atoms with Gasteiger partial charge in [-0.05, 0) is 34.5 Å². The topological polar surface area (TPSA) is 105 Å². The fourth-order valence-electron chi connectivity index (χ4n) is 1.33. The first-order valence-corrected chi connectivity index (χ1v) is 5.90. The molecule has 7 nitrogen and oxygen atoms in total. The first-order chi connectivity index (χ1) is 8.97. The SMILES string of the molecule is Cc1cc(Br)cnc1NC(=O)c1cc(C(=O)O)on1. The zero-order chi connectivity index (χ0) is 14.0. The maximum atomic E-state index is 11.8. The van der Waals surface area contributed by atoms with Gasteiger partial charge in [-0.3, -0.25) is 4.79 Å². The second kappa shape index (κ2) is 5.19. The third-order valence-electron chi connectivity index (χ3n) is 2.23. The molecule has 0 aromatic carbocycles. The largest absolute Gasteiger partial charge is 0.475 e. The molecule has 98 valence electrons. The fourth-order valence-corrected chi connectivity index (χ4v) is 1.77. The molecular formula is C11H8BrN3O4. The average molecular weight is 326 g/mol. The number of hydrogen-bond donors (Lipinski definition) is 2. The minimum absolute atomic E-state index is 0.124. The number of anilines is 1. The number of hydrogen-bond acceptors (Lipinski definition) is 5. The normalized spacial score (nSPS) is 10.2. The number of nitrogens with zero attached hydrogens (tertiary/aromatic N) is 2. The quantitative estimate of drug-likeness (QED) is 0.895. The van der Waals surface area contributed by atoms with Crippen LogP contribution in [0.4, 0.5) is 5.82 Å². The molecule has 0 aliphatic carbocycles. The molecule has 1 amide bonds. The third kappa shape index (κ3) is 2.97. The van der Waals surface area contributed by atoms with Crippen LogP contribution in [0.3, 0.4) is 0 Å². The Hall–Kier alpha value is -2.22. The highest BCUT2D eigenvalue weighted by atomic mass is 79.9. The molecule has 0 saturated carbocycles. The van der Waals surface area contributed by atoms with Gasteiger partial charge in [0.1, 0.15) is 5.82 Å². The Kier molecular flexibility index (Phi) is 3.61. The summed E-state index contributed by atoms with van der Waals surface area (Å²) in [5.41, 5.74) is 0.631. The predicted octanol–water partition coefficient (Wildman–Crippen LogP) is 2.09. The van der Waals surface area contributed by atoms with Crippen LogP contribution in [0, 0.1) is 6.92 Å². The number of carboxylic acids is 1. The lowest BCUT2D eigenvalue weighted by Gasteiger charge is -2.05. The zero-order valence-corrected chi connectivity index (χ0v) is 11.3. The zero-order valence-electron chi connectivity index (χ0n) is 9.68. The molecule has 0 fully saturated rings. The van der Waals surface area contributed by atoms with Crippen molar-refractivity contribution in [2.75, 3.05) is 5.32 Å². The van der Waals surface area contributed by atoms with Crippen molar-refractivity contribution in [2.45, 2.75) is 6.92 Å². The summed E-state index contributed by atoms with van der Waals surface area (Å²) in [5.74, 6) is -1.91. The van der Waals surface area contributed by atoms with Gasteiger partial charge in [-0.2, -0.15) is 0 Å². The third-order valence-corrected chi connectivity index (χ3v) is 2.66. The Morgan fingerprint density at radius 2 is 2.16 bits per heavy atom. The molecule has 19 heavy (non-hydrogen) atoms. The van der Waals surface area contributed by atoms with E-state index in [1.165, 1.54) is 6.20 Å². The number of aryl methyl sites for hydroxylation is 1. The van der Waals surface area contributed by atoms with Gasteiger partial charge in [-0.15, -0.1) is 0 Å². The molecule has 0 saturated heterocycles. The number of aromatic carboxylic acids is 1. The van der Waals surface area contributed by atoms with Crippen LogP contribution in [0.1, 0.15) is 26.6 Å². The molecular weight excluding hydrogens is 318 g/mol. The Morgan fingerprint density at radius 3 is 2.74 bits per heavy atom. The highest BCUT2D eigenvalue weighted by molar-refractivity contribution is 9.10. The molecule has 2 heterocycles. The van der Waals surface area contributed by atoms with Crippen molar-refractivity contribution in [2.24, 2.45) is 0 Å². The van der Waals surface area contributed by atoms with Gasteiger partial charge in [0, 0.05) is 16.7 Å². The van der Waals surface area contributed by atoms with Gasteiger partial charge >= 0.3 is 5.97 Å². The Balaban J connectivity index is 2.18. The summed E-state index contributed by atoms with van der Waals surface area (Å²) < 4.78 is 5.29. The summed E-state index contributed by atoms with van der Waals surface area (Å²) >= 11 is 3.26. The number of amides is 1. The van der Waals surface area contributed by atoms with E-state index in [1.807, 2.05) is 0 Å². The molecule has 0 bridgehead atoms. The van der Waals surface area contributed by atoms with E-state index < -0.39 is 17.6 Å². The first kappa shape index (κ1) is 13.2. The second-order valence-corrected chi connectivity index (χ2v) is 4.57. The number of halogens is 1. The summed E-state index contributed by atoms with van der Waals surface area (Å²) in [5, 5.41) is 14.6. The average Bonchev–Trinajstić information content (AvgIpc) is 2.82. The van der Waals surface area contributed by atoms with E-state index in [9.17, 15) is 9.59 Å². The molecule has 2 aromatic heterocycles. The van der Waals surface area contributed by atoms with E-state index >= 15 is 0 Å². The number of carbonyl (C=O) groups excluding carboxylic acids is 1. The Labute approximate surface area is 115 Å². The van der Waals surface area contributed by atoms with Crippen LogP contribution in [0.2, 0.25) is 0 Å². The standard InChI is InChI=1S/C11H8BrN3O4/c1-5-2-6(12)4-13-9(5)14-10(16)7-3-8(11(17)18)19-15-7/h2-4H,1H3,(H,17,18)(H,13,14,16). The maximum absolute atomic E-state index is 11.8. The minimum atomic E-state index is -1.29. The number of nitrogens with one attached hydrogen (secondary N) is 1. The second-order valence-electron chi connectivity index (χ2n) is 3.65. The van der Waals surface area contributed by atoms with Gasteiger partial charge in [0.2, 0.25) is 5.76 Å². The highest BCUT2D eigenvalue weighted by Gasteiger charge is 2.17. The summed E-state index contributed by atoms with van der Waals surface area (Å²) in [6.07, 6.45) is 1.54. The number of pyridine rings is 1. The molecule has 0 aliphatic rings. The lowest BCUT2D eigenvalue weighted by molar-refractivity contribution is 0.0651. The van der Waals surface area contributed by atoms with Gasteiger partial charge in [-0.1, -0.05) is 5.16 Å². The van der Waals surface area contributed by atoms with Crippen LogP contribution < -0.4 is 5.32 Å². The number of carboxylic acid groups (broad SMARTS) is 1. The van der Waals surface area contributed by atoms with Crippen molar-refractivity contribution >= 4 is 33.6 Å². The van der Waals surface area contributed by atoms with Gasteiger partial charge in [0.25, 0.3) is 5.91 Å². The number of aromatic nitrogens is 2. The highest BCUT2D eigenvalue weighted by Crippen LogP contribution is 2.17. The van der Waals surface area contributed by atoms with E-state index in [1.54, 1.807) is 13.0 Å². The molecule has 0 aliphatic heterocycles. The number of rotatable bonds is 3. The van der Waals surface area contributed by atoms with Gasteiger partial charge < -0.3 is 14.9 Å². The van der Waals surface area contributed by atoms with Crippen LogP contribution in [0.5, 0.6) is 0 Å². The lowest BCUT2D eigenvalue weighted by atomic mass is 10.3. The fraction of sp³-hybridized carbons (Fsp3) is 0.0909. The first-order valence-electron chi connectivity index (χ1n) is 5.11. The van der Waals surface area contributed by atoms with E-state index in [0.717, 1.165) is 16.1 Å². The van der Waals surface area contributed by atoms with Crippen LogP contribution in [-0.2, 0) is 0 Å². The molecule has 2 aromatic rings. The van der Waals surface area contributed by atoms with Crippen molar-refractivity contribution < 1.29 is 19.2 Å². The maximum Gasteiger partial charge on any atom is 0.374 e. The van der Waals surface area contributed by atoms with Crippen LogP contribution in [0.15, 0.2) is 27.3 Å².